The number of amides is 1. The van der Waals surface area contributed by atoms with Crippen LogP contribution < -0.4 is 5.32 Å². The molecule has 0 spiro atoms. The molecule has 0 saturated heterocycles. The Kier molecular flexibility index (Phi) is 2.62. The van der Waals surface area contributed by atoms with Crippen molar-refractivity contribution in [3.63, 3.8) is 0 Å². The molecule has 1 aromatic carbocycles. The molecule has 3 nitrogen and oxygen atoms in total. The van der Waals surface area contributed by atoms with Crippen molar-refractivity contribution in [1.29, 1.82) is 0 Å². The van der Waals surface area contributed by atoms with Gasteiger partial charge in [-0.15, -0.1) is 0 Å². The Labute approximate surface area is 89.1 Å². The number of fused-ring (bicyclic) bond motifs is 1. The van der Waals surface area contributed by atoms with Crippen molar-refractivity contribution in [3.8, 4) is 5.75 Å². The van der Waals surface area contributed by atoms with Crippen molar-refractivity contribution >= 4 is 5.91 Å². The topological polar surface area (TPSA) is 49.3 Å². The van der Waals surface area contributed by atoms with E-state index in [2.05, 4.69) is 5.32 Å². The predicted molar refractivity (Wildman–Crippen MR) is 57.6 cm³/mol. The van der Waals surface area contributed by atoms with E-state index in [9.17, 15) is 9.90 Å². The van der Waals surface area contributed by atoms with Crippen molar-refractivity contribution < 1.29 is 9.90 Å². The van der Waals surface area contributed by atoms with Crippen LogP contribution in [0.2, 0.25) is 0 Å². The molecule has 0 bridgehead atoms. The normalized spacial score (nSPS) is 19.4. The number of carbonyl (C=O) groups excluding carboxylic acids is 1. The number of rotatable bonds is 1. The summed E-state index contributed by atoms with van der Waals surface area (Å²) in [6.45, 7) is 1.52. The van der Waals surface area contributed by atoms with Gasteiger partial charge in [-0.2, -0.15) is 0 Å². The molecule has 1 aliphatic carbocycles. The Balaban J connectivity index is 2.32. The van der Waals surface area contributed by atoms with Gasteiger partial charge in [-0.1, -0.05) is 6.07 Å². The van der Waals surface area contributed by atoms with Gasteiger partial charge in [-0.3, -0.25) is 4.79 Å². The lowest BCUT2D eigenvalue weighted by molar-refractivity contribution is -0.119. The van der Waals surface area contributed by atoms with Crippen LogP contribution in [0, 0.1) is 0 Å². The molecule has 1 atom stereocenters. The highest BCUT2D eigenvalue weighted by Crippen LogP contribution is 2.31. The molecule has 0 aromatic heterocycles. The van der Waals surface area contributed by atoms with Crippen LogP contribution in [0.4, 0.5) is 0 Å². The third-order valence-corrected chi connectivity index (χ3v) is 2.82. The maximum atomic E-state index is 11.0. The lowest BCUT2D eigenvalue weighted by Crippen LogP contribution is -2.28. The summed E-state index contributed by atoms with van der Waals surface area (Å²) in [5.74, 6) is 0.252. The highest BCUT2D eigenvalue weighted by atomic mass is 16.3. The van der Waals surface area contributed by atoms with Gasteiger partial charge in [0.2, 0.25) is 5.91 Å². The Morgan fingerprint density at radius 1 is 1.53 bits per heavy atom. The minimum Gasteiger partial charge on any atom is -0.508 e. The second-order valence-corrected chi connectivity index (χ2v) is 4.03. The molecule has 0 radical (unpaired) electrons. The summed E-state index contributed by atoms with van der Waals surface area (Å²) in [5, 5.41) is 12.3. The molecule has 2 N–H and O–H groups in total. The van der Waals surface area contributed by atoms with Crippen LogP contribution in [0.15, 0.2) is 18.2 Å². The van der Waals surface area contributed by atoms with Gasteiger partial charge >= 0.3 is 0 Å². The molecule has 3 heteroatoms. The summed E-state index contributed by atoms with van der Waals surface area (Å²) in [7, 11) is 0. The van der Waals surface area contributed by atoms with Crippen molar-refractivity contribution in [2.45, 2.75) is 32.2 Å². The molecule has 0 heterocycles. The van der Waals surface area contributed by atoms with E-state index in [4.69, 9.17) is 0 Å². The van der Waals surface area contributed by atoms with E-state index < -0.39 is 0 Å². The molecule has 0 fully saturated rings. The van der Waals surface area contributed by atoms with Gasteiger partial charge in [0.15, 0.2) is 0 Å². The van der Waals surface area contributed by atoms with Crippen molar-refractivity contribution in [1.82, 2.24) is 5.32 Å². The molecule has 1 amide bonds. The first-order valence-electron chi connectivity index (χ1n) is 5.25. The number of hydrogen-bond acceptors (Lipinski definition) is 2. The Morgan fingerprint density at radius 3 is 3.07 bits per heavy atom. The van der Waals surface area contributed by atoms with E-state index >= 15 is 0 Å². The molecule has 0 saturated carbocycles. The first-order chi connectivity index (χ1) is 7.16. The average Bonchev–Trinajstić information content (AvgIpc) is 2.18. The summed E-state index contributed by atoms with van der Waals surface area (Å²) in [4.78, 5) is 11.0. The number of aromatic hydroxyl groups is 1. The van der Waals surface area contributed by atoms with Crippen LogP contribution in [0.5, 0.6) is 5.75 Å². The van der Waals surface area contributed by atoms with Crippen molar-refractivity contribution in [2.24, 2.45) is 0 Å². The zero-order chi connectivity index (χ0) is 10.8. The Morgan fingerprint density at radius 2 is 2.33 bits per heavy atom. The van der Waals surface area contributed by atoms with Crippen LogP contribution in [0.25, 0.3) is 0 Å². The van der Waals surface area contributed by atoms with Crippen LogP contribution in [-0.4, -0.2) is 11.0 Å². The minimum absolute atomic E-state index is 0.0174. The molecule has 15 heavy (non-hydrogen) atoms. The van der Waals surface area contributed by atoms with Gasteiger partial charge in [-0.05, 0) is 42.5 Å². The predicted octanol–water partition coefficient (Wildman–Crippen LogP) is 1.91. The second-order valence-electron chi connectivity index (χ2n) is 4.03. The van der Waals surface area contributed by atoms with Crippen molar-refractivity contribution in [3.05, 3.63) is 29.3 Å². The lowest BCUT2D eigenvalue weighted by Gasteiger charge is -2.26. The van der Waals surface area contributed by atoms with Gasteiger partial charge in [0.25, 0.3) is 0 Å². The number of benzene rings is 1. The second kappa shape index (κ2) is 3.93. The first kappa shape index (κ1) is 10.0. The monoisotopic (exact) mass is 205 g/mol. The highest BCUT2D eigenvalue weighted by molar-refractivity contribution is 5.73. The number of phenolic OH excluding ortho intramolecular Hbond substituents is 1. The summed E-state index contributed by atoms with van der Waals surface area (Å²) in [5.41, 5.74) is 2.30. The maximum absolute atomic E-state index is 11.0. The van der Waals surface area contributed by atoms with Gasteiger partial charge in [0.1, 0.15) is 5.75 Å². The van der Waals surface area contributed by atoms with Gasteiger partial charge in [-0.25, -0.2) is 0 Å². The van der Waals surface area contributed by atoms with E-state index in [1.807, 2.05) is 6.07 Å². The highest BCUT2D eigenvalue weighted by Gasteiger charge is 2.20. The number of phenols is 1. The lowest BCUT2D eigenvalue weighted by atomic mass is 9.87. The largest absolute Gasteiger partial charge is 0.508 e. The molecule has 1 unspecified atom stereocenters. The van der Waals surface area contributed by atoms with Crippen molar-refractivity contribution in [2.75, 3.05) is 0 Å². The number of nitrogens with one attached hydrogen (secondary N) is 1. The number of carbonyl (C=O) groups is 1. The molecular weight excluding hydrogens is 190 g/mol. The van der Waals surface area contributed by atoms with Crippen LogP contribution >= 0.6 is 0 Å². The standard InChI is InChI=1S/C12H15NO2/c1-8(14)13-12-4-2-3-9-5-6-10(15)7-11(9)12/h5-7,12,15H,2-4H2,1H3,(H,13,14). The summed E-state index contributed by atoms with van der Waals surface area (Å²) in [6, 6.07) is 5.47. The van der Waals surface area contributed by atoms with Crippen LogP contribution in [0.3, 0.4) is 0 Å². The van der Waals surface area contributed by atoms with E-state index in [0.29, 0.717) is 0 Å². The number of hydrogen-bond donors (Lipinski definition) is 2. The Bertz CT molecular complexity index is 387. The van der Waals surface area contributed by atoms with E-state index in [1.165, 1.54) is 12.5 Å². The Hall–Kier alpha value is -1.51. The quantitative estimate of drug-likeness (QED) is 0.735. The fourth-order valence-electron chi connectivity index (χ4n) is 2.18. The van der Waals surface area contributed by atoms with E-state index in [0.717, 1.165) is 24.8 Å². The van der Waals surface area contributed by atoms with Gasteiger partial charge < -0.3 is 10.4 Å². The van der Waals surface area contributed by atoms with E-state index in [1.54, 1.807) is 12.1 Å². The average molecular weight is 205 g/mol. The molecule has 2 rings (SSSR count). The van der Waals surface area contributed by atoms with Gasteiger partial charge in [0, 0.05) is 6.92 Å². The fraction of sp³-hybridized carbons (Fsp3) is 0.417. The molecular formula is C12H15NO2. The van der Waals surface area contributed by atoms with Crippen LogP contribution in [-0.2, 0) is 11.2 Å². The van der Waals surface area contributed by atoms with Gasteiger partial charge in [0.05, 0.1) is 6.04 Å². The molecule has 80 valence electrons. The maximum Gasteiger partial charge on any atom is 0.217 e. The summed E-state index contributed by atoms with van der Waals surface area (Å²) < 4.78 is 0. The number of aryl methyl sites for hydroxylation is 1. The summed E-state index contributed by atoms with van der Waals surface area (Å²) in [6.07, 6.45) is 3.07. The summed E-state index contributed by atoms with van der Waals surface area (Å²) >= 11 is 0. The van der Waals surface area contributed by atoms with E-state index in [-0.39, 0.29) is 17.7 Å². The first-order valence-corrected chi connectivity index (χ1v) is 5.25. The minimum atomic E-state index is -0.0174. The molecule has 1 aromatic rings. The smallest absolute Gasteiger partial charge is 0.217 e. The third-order valence-electron chi connectivity index (χ3n) is 2.82. The van der Waals surface area contributed by atoms with Crippen LogP contribution in [0.1, 0.15) is 36.9 Å². The molecule has 0 aliphatic heterocycles. The molecule has 1 aliphatic rings. The zero-order valence-electron chi connectivity index (χ0n) is 8.79. The fourth-order valence-corrected chi connectivity index (χ4v) is 2.18. The zero-order valence-corrected chi connectivity index (χ0v) is 8.79. The third kappa shape index (κ3) is 2.12. The SMILES string of the molecule is CC(=O)NC1CCCc2ccc(O)cc21.